The zero-order valence-electron chi connectivity index (χ0n) is 5.17. The van der Waals surface area contributed by atoms with Crippen molar-refractivity contribution in [1.82, 2.24) is 0 Å². The fourth-order valence-electron chi connectivity index (χ4n) is 0.899. The highest BCUT2D eigenvalue weighted by Crippen LogP contribution is 2.07. The molecule has 0 saturated heterocycles. The Labute approximate surface area is 54.2 Å². The van der Waals surface area contributed by atoms with Gasteiger partial charge in [-0.3, -0.25) is 0 Å². The summed E-state index contributed by atoms with van der Waals surface area (Å²) in [5.74, 6) is 0. The molecule has 0 aromatic rings. The smallest absolute Gasteiger partial charge is 0.0306 e. The SMILES string of the molecule is NC1=CC(N)CC(N)=C1. The summed E-state index contributed by atoms with van der Waals surface area (Å²) in [6, 6.07) is 0.00926. The minimum atomic E-state index is 0.00926. The molecule has 0 aromatic heterocycles. The largest absolute Gasteiger partial charge is 0.402 e. The van der Waals surface area contributed by atoms with Crippen molar-refractivity contribution in [1.29, 1.82) is 0 Å². The summed E-state index contributed by atoms with van der Waals surface area (Å²) >= 11 is 0. The third-order valence-corrected chi connectivity index (χ3v) is 1.23. The lowest BCUT2D eigenvalue weighted by Crippen LogP contribution is -2.24. The highest BCUT2D eigenvalue weighted by molar-refractivity contribution is 5.26. The second-order valence-electron chi connectivity index (χ2n) is 2.25. The lowest BCUT2D eigenvalue weighted by Gasteiger charge is -2.12. The van der Waals surface area contributed by atoms with E-state index in [1.54, 1.807) is 12.2 Å². The molecule has 1 aliphatic rings. The fraction of sp³-hybridized carbons (Fsp3) is 0.333. The molecule has 3 heteroatoms. The van der Waals surface area contributed by atoms with Gasteiger partial charge < -0.3 is 17.2 Å². The van der Waals surface area contributed by atoms with Crippen LogP contribution in [0.1, 0.15) is 6.42 Å². The fourth-order valence-corrected chi connectivity index (χ4v) is 0.899. The van der Waals surface area contributed by atoms with E-state index in [1.165, 1.54) is 0 Å². The Kier molecular flexibility index (Phi) is 1.44. The van der Waals surface area contributed by atoms with Gasteiger partial charge in [-0.05, 0) is 12.2 Å². The van der Waals surface area contributed by atoms with Gasteiger partial charge in [0.25, 0.3) is 0 Å². The maximum Gasteiger partial charge on any atom is 0.0306 e. The van der Waals surface area contributed by atoms with Crippen LogP contribution in [0.25, 0.3) is 0 Å². The summed E-state index contributed by atoms with van der Waals surface area (Å²) in [5, 5.41) is 0. The molecular formula is C6H11N3. The second-order valence-corrected chi connectivity index (χ2v) is 2.25. The molecule has 0 spiro atoms. The van der Waals surface area contributed by atoms with Crippen LogP contribution in [0.15, 0.2) is 23.5 Å². The molecule has 0 radical (unpaired) electrons. The van der Waals surface area contributed by atoms with E-state index in [0.29, 0.717) is 5.70 Å². The molecule has 0 heterocycles. The van der Waals surface area contributed by atoms with Crippen LogP contribution >= 0.6 is 0 Å². The number of rotatable bonds is 0. The normalized spacial score (nSPS) is 27.0. The van der Waals surface area contributed by atoms with Gasteiger partial charge in [0, 0.05) is 23.9 Å². The minimum absolute atomic E-state index is 0.00926. The zero-order valence-corrected chi connectivity index (χ0v) is 5.17. The van der Waals surface area contributed by atoms with E-state index in [2.05, 4.69) is 0 Å². The van der Waals surface area contributed by atoms with E-state index in [9.17, 15) is 0 Å². The summed E-state index contributed by atoms with van der Waals surface area (Å²) in [7, 11) is 0. The topological polar surface area (TPSA) is 78.1 Å². The van der Waals surface area contributed by atoms with Crippen LogP contribution in [0, 0.1) is 0 Å². The Balaban J connectivity index is 2.74. The van der Waals surface area contributed by atoms with Crippen molar-refractivity contribution in [2.45, 2.75) is 12.5 Å². The maximum absolute atomic E-state index is 5.54. The standard InChI is InChI=1S/C6H11N3/c7-4-1-5(8)3-6(9)2-4/h1-2,5H,3,7-9H2. The van der Waals surface area contributed by atoms with Gasteiger partial charge in [0.1, 0.15) is 0 Å². The lowest BCUT2D eigenvalue weighted by atomic mass is 10.1. The van der Waals surface area contributed by atoms with Crippen LogP contribution in [0.4, 0.5) is 0 Å². The molecule has 9 heavy (non-hydrogen) atoms. The molecule has 0 saturated carbocycles. The van der Waals surface area contributed by atoms with Crippen molar-refractivity contribution in [3.05, 3.63) is 23.5 Å². The first-order valence-electron chi connectivity index (χ1n) is 2.87. The molecule has 50 valence electrons. The Bertz CT molecular complexity index is 169. The Morgan fingerprint density at radius 1 is 1.44 bits per heavy atom. The molecule has 0 fully saturated rings. The van der Waals surface area contributed by atoms with Gasteiger partial charge in [0.2, 0.25) is 0 Å². The summed E-state index contributed by atoms with van der Waals surface area (Å²) < 4.78 is 0. The number of hydrogen-bond acceptors (Lipinski definition) is 3. The Morgan fingerprint density at radius 3 is 2.56 bits per heavy atom. The third kappa shape index (κ3) is 1.47. The molecular weight excluding hydrogens is 114 g/mol. The first-order chi connectivity index (χ1) is 4.18. The van der Waals surface area contributed by atoms with E-state index in [0.717, 1.165) is 12.1 Å². The Hall–Kier alpha value is -0.960. The molecule has 0 aliphatic heterocycles. The van der Waals surface area contributed by atoms with Crippen LogP contribution in [0.2, 0.25) is 0 Å². The summed E-state index contributed by atoms with van der Waals surface area (Å²) in [4.78, 5) is 0. The number of allylic oxidation sites excluding steroid dienone is 1. The summed E-state index contributed by atoms with van der Waals surface area (Å²) in [5.41, 5.74) is 17.9. The van der Waals surface area contributed by atoms with E-state index < -0.39 is 0 Å². The molecule has 0 aromatic carbocycles. The second kappa shape index (κ2) is 2.11. The molecule has 6 N–H and O–H groups in total. The highest BCUT2D eigenvalue weighted by Gasteiger charge is 2.05. The molecule has 1 rings (SSSR count). The molecule has 1 aliphatic carbocycles. The van der Waals surface area contributed by atoms with Crippen molar-refractivity contribution in [2.75, 3.05) is 0 Å². The van der Waals surface area contributed by atoms with E-state index >= 15 is 0 Å². The first-order valence-corrected chi connectivity index (χ1v) is 2.87. The van der Waals surface area contributed by atoms with Crippen molar-refractivity contribution < 1.29 is 0 Å². The van der Waals surface area contributed by atoms with Crippen molar-refractivity contribution in [2.24, 2.45) is 17.2 Å². The van der Waals surface area contributed by atoms with Gasteiger partial charge >= 0.3 is 0 Å². The quantitative estimate of drug-likeness (QED) is 0.404. The van der Waals surface area contributed by atoms with Crippen LogP contribution in [0.5, 0.6) is 0 Å². The number of nitrogens with two attached hydrogens (primary N) is 3. The molecule has 1 atom stereocenters. The summed E-state index contributed by atoms with van der Waals surface area (Å²) in [6.45, 7) is 0. The molecule has 1 unspecified atom stereocenters. The van der Waals surface area contributed by atoms with Crippen molar-refractivity contribution in [3.63, 3.8) is 0 Å². The predicted molar refractivity (Wildman–Crippen MR) is 37.1 cm³/mol. The average molecular weight is 125 g/mol. The first kappa shape index (κ1) is 6.16. The van der Waals surface area contributed by atoms with Crippen molar-refractivity contribution >= 4 is 0 Å². The van der Waals surface area contributed by atoms with Crippen LogP contribution in [-0.2, 0) is 0 Å². The van der Waals surface area contributed by atoms with Crippen LogP contribution in [0.3, 0.4) is 0 Å². The Morgan fingerprint density at radius 2 is 2.11 bits per heavy atom. The number of hydrogen-bond donors (Lipinski definition) is 3. The molecule has 0 amide bonds. The maximum atomic E-state index is 5.54. The predicted octanol–water partition coefficient (Wildman–Crippen LogP) is -0.597. The van der Waals surface area contributed by atoms with E-state index in [1.807, 2.05) is 0 Å². The highest BCUT2D eigenvalue weighted by atomic mass is 14.7. The van der Waals surface area contributed by atoms with Crippen molar-refractivity contribution in [3.8, 4) is 0 Å². The minimum Gasteiger partial charge on any atom is -0.402 e. The zero-order chi connectivity index (χ0) is 6.85. The van der Waals surface area contributed by atoms with Gasteiger partial charge in [-0.1, -0.05) is 0 Å². The lowest BCUT2D eigenvalue weighted by molar-refractivity contribution is 0.772. The van der Waals surface area contributed by atoms with E-state index in [4.69, 9.17) is 17.2 Å². The monoisotopic (exact) mass is 125 g/mol. The van der Waals surface area contributed by atoms with Crippen LogP contribution in [-0.4, -0.2) is 6.04 Å². The van der Waals surface area contributed by atoms with Gasteiger partial charge in [0.05, 0.1) is 0 Å². The van der Waals surface area contributed by atoms with E-state index in [-0.39, 0.29) is 6.04 Å². The van der Waals surface area contributed by atoms with Gasteiger partial charge in [-0.2, -0.15) is 0 Å². The van der Waals surface area contributed by atoms with Gasteiger partial charge in [-0.15, -0.1) is 0 Å². The van der Waals surface area contributed by atoms with Crippen LogP contribution < -0.4 is 17.2 Å². The molecule has 3 nitrogen and oxygen atoms in total. The van der Waals surface area contributed by atoms with Gasteiger partial charge in [0.15, 0.2) is 0 Å². The summed E-state index contributed by atoms with van der Waals surface area (Å²) in [6.07, 6.45) is 4.26. The third-order valence-electron chi connectivity index (χ3n) is 1.23. The van der Waals surface area contributed by atoms with Gasteiger partial charge in [-0.25, -0.2) is 0 Å². The molecule has 0 bridgehead atoms. The average Bonchev–Trinajstić information content (AvgIpc) is 1.59.